The second-order valence-electron chi connectivity index (χ2n) is 9.57. The van der Waals surface area contributed by atoms with Crippen molar-refractivity contribution in [1.29, 1.82) is 0 Å². The van der Waals surface area contributed by atoms with Crippen molar-refractivity contribution < 1.29 is 29.0 Å². The van der Waals surface area contributed by atoms with Gasteiger partial charge in [-0.2, -0.15) is 0 Å². The molecule has 2 aromatic rings. The van der Waals surface area contributed by atoms with Crippen LogP contribution < -0.4 is 16.0 Å². The smallest absolute Gasteiger partial charge is 0.408 e. The van der Waals surface area contributed by atoms with E-state index in [-0.39, 0.29) is 12.3 Å². The molecule has 10 heteroatoms. The third kappa shape index (κ3) is 8.42. The number of alkyl carbamates (subject to hydrolysis) is 1. The van der Waals surface area contributed by atoms with E-state index in [2.05, 4.69) is 20.9 Å². The summed E-state index contributed by atoms with van der Waals surface area (Å²) in [6, 6.07) is 5.39. The van der Waals surface area contributed by atoms with Crippen LogP contribution in [0.25, 0.3) is 10.9 Å². The molecule has 0 spiro atoms. The Bertz CT molecular complexity index is 1020. The maximum absolute atomic E-state index is 12.6. The third-order valence-electron chi connectivity index (χ3n) is 4.87. The highest BCUT2D eigenvalue weighted by Crippen LogP contribution is 2.19. The molecular weight excluding hydrogens is 440 g/mol. The normalized spacial score (nSPS) is 13.2. The minimum absolute atomic E-state index is 0.0786. The molecule has 1 aromatic carbocycles. The largest absolute Gasteiger partial charge is 0.480 e. The molecule has 0 fully saturated rings. The Morgan fingerprint density at radius 3 is 2.35 bits per heavy atom. The number of hydrogen-bond donors (Lipinski definition) is 5. The number of aromatic nitrogens is 1. The molecule has 1 aromatic heterocycles. The minimum atomic E-state index is -1.19. The van der Waals surface area contributed by atoms with Gasteiger partial charge in [-0.25, -0.2) is 9.59 Å². The van der Waals surface area contributed by atoms with Gasteiger partial charge in [0.2, 0.25) is 11.8 Å². The number of carboxylic acids is 1. The molecule has 0 unspecified atom stereocenters. The van der Waals surface area contributed by atoms with Crippen LogP contribution in [0, 0.1) is 5.92 Å². The molecule has 0 aliphatic rings. The number of nitrogens with one attached hydrogen (secondary N) is 4. The van der Waals surface area contributed by atoms with Crippen molar-refractivity contribution in [3.05, 3.63) is 36.0 Å². The van der Waals surface area contributed by atoms with Crippen LogP contribution >= 0.6 is 0 Å². The number of rotatable bonds is 10. The Kier molecular flexibility index (Phi) is 9.05. The van der Waals surface area contributed by atoms with Crippen molar-refractivity contribution in [2.75, 3.05) is 6.54 Å². The van der Waals surface area contributed by atoms with Crippen molar-refractivity contribution >= 4 is 34.8 Å². The Morgan fingerprint density at radius 1 is 1.06 bits per heavy atom. The zero-order chi connectivity index (χ0) is 25.5. The fourth-order valence-corrected chi connectivity index (χ4v) is 3.41. The van der Waals surface area contributed by atoms with E-state index >= 15 is 0 Å². The summed E-state index contributed by atoms with van der Waals surface area (Å²) in [4.78, 5) is 51.9. The van der Waals surface area contributed by atoms with Gasteiger partial charge in [0.1, 0.15) is 17.7 Å². The molecule has 0 saturated heterocycles. The fraction of sp³-hybridized carbons (Fsp3) is 0.500. The van der Waals surface area contributed by atoms with E-state index in [0.29, 0.717) is 6.42 Å². The lowest BCUT2D eigenvalue weighted by Crippen LogP contribution is -2.52. The Balaban J connectivity index is 1.96. The van der Waals surface area contributed by atoms with Crippen LogP contribution in [-0.2, 0) is 25.5 Å². The van der Waals surface area contributed by atoms with E-state index in [4.69, 9.17) is 4.74 Å². The topological polar surface area (TPSA) is 150 Å². The average Bonchev–Trinajstić information content (AvgIpc) is 3.12. The lowest BCUT2D eigenvalue weighted by Gasteiger charge is -2.24. The molecule has 5 N–H and O–H groups in total. The predicted molar refractivity (Wildman–Crippen MR) is 127 cm³/mol. The summed E-state index contributed by atoms with van der Waals surface area (Å²) in [6.45, 7) is 8.50. The van der Waals surface area contributed by atoms with E-state index in [1.54, 1.807) is 27.0 Å². The van der Waals surface area contributed by atoms with Gasteiger partial charge >= 0.3 is 12.1 Å². The first-order chi connectivity index (χ1) is 15.9. The summed E-state index contributed by atoms with van der Waals surface area (Å²) in [6.07, 6.45) is 1.40. The Labute approximate surface area is 198 Å². The van der Waals surface area contributed by atoms with Gasteiger partial charge in [0.25, 0.3) is 0 Å². The first-order valence-electron chi connectivity index (χ1n) is 11.2. The van der Waals surface area contributed by atoms with Crippen LogP contribution in [0.2, 0.25) is 0 Å². The Hall–Kier alpha value is -3.56. The molecule has 0 saturated carbocycles. The molecule has 186 valence electrons. The number of carbonyl (C=O) groups is 4. The monoisotopic (exact) mass is 474 g/mol. The van der Waals surface area contributed by atoms with Gasteiger partial charge in [0.15, 0.2) is 0 Å². The number of benzene rings is 1. The van der Waals surface area contributed by atoms with Crippen LogP contribution in [-0.4, -0.2) is 58.2 Å². The predicted octanol–water partition coefficient (Wildman–Crippen LogP) is 2.34. The highest BCUT2D eigenvalue weighted by Gasteiger charge is 2.26. The van der Waals surface area contributed by atoms with Gasteiger partial charge in [-0.1, -0.05) is 32.0 Å². The van der Waals surface area contributed by atoms with Gasteiger partial charge < -0.3 is 30.8 Å². The zero-order valence-corrected chi connectivity index (χ0v) is 20.2. The highest BCUT2D eigenvalue weighted by atomic mass is 16.6. The van der Waals surface area contributed by atoms with E-state index in [9.17, 15) is 24.3 Å². The summed E-state index contributed by atoms with van der Waals surface area (Å²) in [5, 5.41) is 17.9. The van der Waals surface area contributed by atoms with Gasteiger partial charge in [-0.15, -0.1) is 0 Å². The van der Waals surface area contributed by atoms with E-state index in [1.807, 2.05) is 38.1 Å². The number of para-hydroxylation sites is 1. The van der Waals surface area contributed by atoms with E-state index < -0.39 is 48.1 Å². The second kappa shape index (κ2) is 11.5. The lowest BCUT2D eigenvalue weighted by molar-refractivity contribution is -0.141. The zero-order valence-electron chi connectivity index (χ0n) is 20.2. The number of H-pyrrole nitrogens is 1. The molecule has 0 aliphatic heterocycles. The van der Waals surface area contributed by atoms with Crippen molar-refractivity contribution in [3.8, 4) is 0 Å². The average molecular weight is 475 g/mol. The first kappa shape index (κ1) is 26.7. The maximum Gasteiger partial charge on any atom is 0.408 e. The molecule has 1 heterocycles. The number of aromatic amines is 1. The summed E-state index contributed by atoms with van der Waals surface area (Å²) in [7, 11) is 0. The fourth-order valence-electron chi connectivity index (χ4n) is 3.41. The molecule has 0 radical (unpaired) electrons. The quantitative estimate of drug-likeness (QED) is 0.357. The molecule has 2 atom stereocenters. The van der Waals surface area contributed by atoms with Crippen LogP contribution in [0.5, 0.6) is 0 Å². The number of hydrogen-bond acceptors (Lipinski definition) is 5. The molecule has 3 amide bonds. The molecular formula is C24H34N4O6. The highest BCUT2D eigenvalue weighted by molar-refractivity contribution is 5.91. The van der Waals surface area contributed by atoms with Crippen molar-refractivity contribution in [2.45, 2.75) is 65.1 Å². The van der Waals surface area contributed by atoms with Gasteiger partial charge in [-0.3, -0.25) is 9.59 Å². The molecule has 10 nitrogen and oxygen atoms in total. The number of carbonyl (C=O) groups excluding carboxylic acids is 3. The second-order valence-corrected chi connectivity index (χ2v) is 9.57. The van der Waals surface area contributed by atoms with Gasteiger partial charge in [0, 0.05) is 23.5 Å². The summed E-state index contributed by atoms with van der Waals surface area (Å²) in [5.74, 6) is -2.30. The van der Waals surface area contributed by atoms with Gasteiger partial charge in [0.05, 0.1) is 6.54 Å². The number of carboxylic acid groups (broad SMARTS) is 1. The van der Waals surface area contributed by atoms with Crippen LogP contribution in [0.3, 0.4) is 0 Å². The van der Waals surface area contributed by atoms with Crippen molar-refractivity contribution in [3.63, 3.8) is 0 Å². The molecule has 0 aliphatic carbocycles. The number of aliphatic carboxylic acids is 1. The van der Waals surface area contributed by atoms with E-state index in [1.165, 1.54) is 0 Å². The number of ether oxygens (including phenoxy) is 1. The van der Waals surface area contributed by atoms with E-state index in [0.717, 1.165) is 16.5 Å². The Morgan fingerprint density at radius 2 is 1.74 bits per heavy atom. The van der Waals surface area contributed by atoms with Gasteiger partial charge in [-0.05, 0) is 44.7 Å². The van der Waals surface area contributed by atoms with Crippen molar-refractivity contribution in [1.82, 2.24) is 20.9 Å². The SMILES string of the molecule is CC(C)C[C@H](NC(=O)OC(C)(C)C)C(=O)NCC(=O)N[C@@H](Cc1c[nH]c2ccccc12)C(=O)O. The summed E-state index contributed by atoms with van der Waals surface area (Å²) in [5.41, 5.74) is 0.902. The van der Waals surface area contributed by atoms with Crippen molar-refractivity contribution in [2.24, 2.45) is 5.92 Å². The molecule has 34 heavy (non-hydrogen) atoms. The van der Waals surface area contributed by atoms with Crippen LogP contribution in [0.4, 0.5) is 4.79 Å². The van der Waals surface area contributed by atoms with Crippen LogP contribution in [0.1, 0.15) is 46.6 Å². The standard InChI is InChI=1S/C24H34N4O6/c1-14(2)10-18(28-23(33)34-24(3,4)5)21(30)26-13-20(29)27-19(22(31)32)11-15-12-25-17-9-7-6-8-16(15)17/h6-9,12,14,18-19,25H,10-11,13H2,1-5H3,(H,26,30)(H,27,29)(H,28,33)(H,31,32)/t18-,19-/m0/s1. The first-order valence-corrected chi connectivity index (χ1v) is 11.2. The third-order valence-corrected chi connectivity index (χ3v) is 4.87. The minimum Gasteiger partial charge on any atom is -0.480 e. The lowest BCUT2D eigenvalue weighted by atomic mass is 10.0. The molecule has 2 rings (SSSR count). The molecule has 0 bridgehead atoms. The summed E-state index contributed by atoms with van der Waals surface area (Å²) >= 11 is 0. The number of amides is 3. The van der Waals surface area contributed by atoms with Crippen LogP contribution in [0.15, 0.2) is 30.5 Å². The maximum atomic E-state index is 12.6. The number of fused-ring (bicyclic) bond motifs is 1. The summed E-state index contributed by atoms with van der Waals surface area (Å²) < 4.78 is 5.21.